The smallest absolute Gasteiger partial charge is 0.295 e. The van der Waals surface area contributed by atoms with Crippen molar-refractivity contribution < 1.29 is 72.3 Å². The third kappa shape index (κ3) is 13.7. The monoisotopic (exact) mass is 1060 g/mol. The Balaban J connectivity index is 1.44. The predicted octanol–water partition coefficient (Wildman–Crippen LogP) is 0.903. The first-order valence-electron chi connectivity index (χ1n) is 20.3. The fraction of sp³-hybridized carbons (Fsp3) is 0.200. The molecule has 0 fully saturated rings. The van der Waals surface area contributed by atoms with Crippen LogP contribution in [0.5, 0.6) is 0 Å². The van der Waals surface area contributed by atoms with Crippen LogP contribution in [0.15, 0.2) is 105 Å². The van der Waals surface area contributed by atoms with Gasteiger partial charge in [-0.1, -0.05) is 36.4 Å². The normalized spacial score (nSPS) is 12.4. The van der Waals surface area contributed by atoms with Crippen molar-refractivity contribution in [3.63, 3.8) is 0 Å². The fourth-order valence-electron chi connectivity index (χ4n) is 6.59. The van der Waals surface area contributed by atoms with Gasteiger partial charge >= 0.3 is 0 Å². The Kier molecular flexibility index (Phi) is 16.6. The van der Waals surface area contributed by atoms with E-state index in [0.717, 1.165) is 54.6 Å². The highest BCUT2D eigenvalue weighted by Crippen LogP contribution is 2.32. The molecule has 0 aliphatic heterocycles. The third-order valence-electron chi connectivity index (χ3n) is 9.76. The Bertz CT molecular complexity index is 3430. The van der Waals surface area contributed by atoms with Crippen LogP contribution in [0.25, 0.3) is 34.5 Å². The van der Waals surface area contributed by atoms with Crippen LogP contribution in [-0.4, -0.2) is 155 Å². The lowest BCUT2D eigenvalue weighted by atomic mass is 10.0. The minimum absolute atomic E-state index is 0.0630. The Morgan fingerprint density at radius 3 is 1.31 bits per heavy atom. The molecule has 0 radical (unpaired) electrons. The lowest BCUT2D eigenvalue weighted by Gasteiger charge is -2.21. The molecule has 71 heavy (non-hydrogen) atoms. The van der Waals surface area contributed by atoms with Crippen LogP contribution in [0.2, 0.25) is 0 Å². The second-order valence-electron chi connectivity index (χ2n) is 14.7. The summed E-state index contributed by atoms with van der Waals surface area (Å²) in [6.07, 6.45) is 0.972. The Hall–Kier alpha value is -6.88. The molecule has 2 aromatic heterocycles. The average Bonchev–Trinajstić information content (AvgIpc) is 3.30. The summed E-state index contributed by atoms with van der Waals surface area (Å²) in [5.74, 6) is -1.38. The zero-order valence-corrected chi connectivity index (χ0v) is 39.7. The van der Waals surface area contributed by atoms with Crippen molar-refractivity contribution >= 4 is 87.4 Å². The van der Waals surface area contributed by atoms with E-state index in [4.69, 9.17) is 5.73 Å². The van der Waals surface area contributed by atoms with Gasteiger partial charge in [0.25, 0.3) is 40.5 Å². The lowest BCUT2D eigenvalue weighted by Crippen LogP contribution is -2.31. The first-order chi connectivity index (χ1) is 33.4. The molecule has 27 nitrogen and oxygen atoms in total. The molecule has 31 heteroatoms. The number of benzene rings is 4. The summed E-state index contributed by atoms with van der Waals surface area (Å²) in [6.45, 7) is -2.13. The van der Waals surface area contributed by atoms with Crippen LogP contribution >= 0.6 is 0 Å². The maximum atomic E-state index is 13.0. The highest BCUT2D eigenvalue weighted by atomic mass is 32.2. The molecule has 0 aliphatic carbocycles. The summed E-state index contributed by atoms with van der Waals surface area (Å²) in [5.41, 5.74) is 5.16. The molecule has 2 heterocycles. The molecule has 0 aliphatic rings. The second-order valence-corrected chi connectivity index (χ2v) is 20.3. The predicted molar refractivity (Wildman–Crippen MR) is 254 cm³/mol. The van der Waals surface area contributed by atoms with Gasteiger partial charge in [-0.05, 0) is 60.2 Å². The number of aliphatic hydroxyl groups is 4. The number of nitrogens with one attached hydrogen (secondary N) is 2. The standard InChI is InChI=1S/C40H43N11O16S4/c41-32(31-10-9-26(21-34(31)71(65,66)67)36-45-38(49-40(47-36)51(13-17-54)14-18-55)43-28-4-2-6-30(23-28)69(59,60)61)19-24-7-8-25(20-33(24)70(62,63)64)35-44-37(48-39(46-35)50(11-15-52)12-16-53)42-27-3-1-5-29(22-27)68(56,57)58/h1-10,19-23,52-55H,11-18,41H2,(H,56,57,58)(H,59,60,61)(H,62,63,64)(H,65,66,67)(H,42,44,46,48)(H,43,45,47,49). The van der Waals surface area contributed by atoms with Gasteiger partial charge in [0.2, 0.25) is 23.8 Å². The summed E-state index contributed by atoms with van der Waals surface area (Å²) in [5, 5.41) is 44.4. The first kappa shape index (κ1) is 53.5. The molecule has 0 saturated heterocycles. The van der Waals surface area contributed by atoms with Gasteiger partial charge in [-0.2, -0.15) is 63.6 Å². The Labute approximate surface area is 405 Å². The largest absolute Gasteiger partial charge is 0.398 e. The van der Waals surface area contributed by atoms with Crippen molar-refractivity contribution in [1.82, 2.24) is 29.9 Å². The third-order valence-corrected chi connectivity index (χ3v) is 13.3. The molecule has 0 amide bonds. The lowest BCUT2D eigenvalue weighted by molar-refractivity contribution is 0.279. The van der Waals surface area contributed by atoms with E-state index in [2.05, 4.69) is 40.5 Å². The first-order valence-corrected chi connectivity index (χ1v) is 26.0. The van der Waals surface area contributed by atoms with E-state index >= 15 is 0 Å². The van der Waals surface area contributed by atoms with Gasteiger partial charge in [-0.25, -0.2) is 0 Å². The number of nitrogens with zero attached hydrogens (tertiary/aromatic N) is 8. The quantitative estimate of drug-likeness (QED) is 0.0332. The number of nitrogens with two attached hydrogens (primary N) is 1. The molecule has 0 unspecified atom stereocenters. The molecule has 378 valence electrons. The topological polar surface area (TPSA) is 432 Å². The fourth-order valence-corrected chi connectivity index (χ4v) is 9.08. The van der Waals surface area contributed by atoms with E-state index in [9.17, 15) is 72.3 Å². The Morgan fingerprint density at radius 1 is 0.507 bits per heavy atom. The maximum absolute atomic E-state index is 13.0. The SMILES string of the molecule is NC(=Cc1ccc(-c2nc(Nc3cccc(S(=O)(=O)O)c3)nc(N(CCO)CCO)n2)cc1S(=O)(=O)O)c1ccc(-c2nc(Nc3cccc(S(=O)(=O)O)c3)nc(N(CCO)CCO)n2)cc1S(=O)(=O)O. The summed E-state index contributed by atoms with van der Waals surface area (Å²) in [7, 11) is -19.6. The number of rotatable bonds is 22. The molecule has 0 saturated carbocycles. The summed E-state index contributed by atoms with van der Waals surface area (Å²) in [6, 6.07) is 16.4. The molecule has 6 rings (SSSR count). The summed E-state index contributed by atoms with van der Waals surface area (Å²) < 4.78 is 139. The van der Waals surface area contributed by atoms with Gasteiger partial charge in [0.15, 0.2) is 11.6 Å². The average molecular weight is 1060 g/mol. The van der Waals surface area contributed by atoms with Crippen molar-refractivity contribution in [2.45, 2.75) is 19.6 Å². The van der Waals surface area contributed by atoms with E-state index in [1.807, 2.05) is 0 Å². The zero-order valence-electron chi connectivity index (χ0n) is 36.4. The van der Waals surface area contributed by atoms with Gasteiger partial charge in [0.1, 0.15) is 9.79 Å². The molecule has 0 bridgehead atoms. The maximum Gasteiger partial charge on any atom is 0.295 e. The second kappa shape index (κ2) is 22.0. The molecule has 6 aromatic rings. The van der Waals surface area contributed by atoms with E-state index in [1.54, 1.807) is 0 Å². The highest BCUT2D eigenvalue weighted by molar-refractivity contribution is 7.86. The Morgan fingerprint density at radius 2 is 0.915 bits per heavy atom. The van der Waals surface area contributed by atoms with Gasteiger partial charge in [-0.15, -0.1) is 0 Å². The zero-order chi connectivity index (χ0) is 51.9. The summed E-state index contributed by atoms with van der Waals surface area (Å²) in [4.78, 5) is 26.0. The highest BCUT2D eigenvalue weighted by Gasteiger charge is 2.24. The van der Waals surface area contributed by atoms with Crippen LogP contribution in [0, 0.1) is 0 Å². The van der Waals surface area contributed by atoms with Gasteiger partial charge in [0, 0.05) is 59.9 Å². The van der Waals surface area contributed by atoms with Gasteiger partial charge in [-0.3, -0.25) is 18.2 Å². The number of anilines is 6. The van der Waals surface area contributed by atoms with Crippen molar-refractivity contribution in [3.8, 4) is 22.8 Å². The molecular formula is C40H43N11O16S4. The van der Waals surface area contributed by atoms with Crippen LogP contribution < -0.4 is 26.2 Å². The van der Waals surface area contributed by atoms with Crippen LogP contribution in [-0.2, 0) is 40.5 Å². The van der Waals surface area contributed by atoms with Crippen LogP contribution in [0.1, 0.15) is 11.1 Å². The number of hydrogen-bond acceptors (Lipinski definition) is 23. The number of aliphatic hydroxyl groups excluding tert-OH is 4. The number of hydrogen-bond donors (Lipinski definition) is 11. The van der Waals surface area contributed by atoms with E-state index in [-0.39, 0.29) is 95.2 Å². The van der Waals surface area contributed by atoms with Gasteiger partial charge < -0.3 is 46.6 Å². The molecule has 0 atom stereocenters. The van der Waals surface area contributed by atoms with Gasteiger partial charge in [0.05, 0.1) is 36.2 Å². The number of aromatic nitrogens is 6. The summed E-state index contributed by atoms with van der Waals surface area (Å²) >= 11 is 0. The van der Waals surface area contributed by atoms with E-state index < -0.39 is 92.2 Å². The minimum Gasteiger partial charge on any atom is -0.398 e. The van der Waals surface area contributed by atoms with Crippen molar-refractivity contribution in [2.24, 2.45) is 5.73 Å². The minimum atomic E-state index is -5.20. The molecule has 12 N–H and O–H groups in total. The van der Waals surface area contributed by atoms with Crippen molar-refractivity contribution in [1.29, 1.82) is 0 Å². The molecule has 4 aromatic carbocycles. The molecular weight excluding hydrogens is 1020 g/mol. The van der Waals surface area contributed by atoms with E-state index in [1.165, 1.54) is 46.2 Å². The van der Waals surface area contributed by atoms with Crippen molar-refractivity contribution in [2.75, 3.05) is 73.0 Å². The molecule has 0 spiro atoms. The van der Waals surface area contributed by atoms with Crippen LogP contribution in [0.3, 0.4) is 0 Å². The van der Waals surface area contributed by atoms with E-state index in [0.29, 0.717) is 0 Å². The van der Waals surface area contributed by atoms with Crippen LogP contribution in [0.4, 0.5) is 35.2 Å². The van der Waals surface area contributed by atoms with Crippen molar-refractivity contribution in [3.05, 3.63) is 96.1 Å².